The number of carbonyl (C=O) groups excluding carboxylic acids is 3. The van der Waals surface area contributed by atoms with Gasteiger partial charge in [-0.15, -0.1) is 0 Å². The first-order valence-electron chi connectivity index (χ1n) is 16.1. The number of hydrogen-bond donors (Lipinski definition) is 2. The van der Waals surface area contributed by atoms with Crippen molar-refractivity contribution in [2.24, 2.45) is 5.92 Å². The van der Waals surface area contributed by atoms with Gasteiger partial charge in [0.05, 0.1) is 30.5 Å². The Balaban J connectivity index is 1.18. The maximum atomic E-state index is 15.2. The van der Waals surface area contributed by atoms with E-state index < -0.39 is 51.2 Å². The largest absolute Gasteiger partial charge is 0.461 e. The zero-order chi connectivity index (χ0) is 34.9. The molecule has 1 spiro atoms. The van der Waals surface area contributed by atoms with Gasteiger partial charge >= 0.3 is 18.2 Å². The number of ether oxygens (including phenoxy) is 3. The van der Waals surface area contributed by atoms with Crippen molar-refractivity contribution in [3.63, 3.8) is 0 Å². The molecule has 2 aliphatic rings. The van der Waals surface area contributed by atoms with Gasteiger partial charge in [-0.05, 0) is 55.4 Å². The molecule has 11 nitrogen and oxygen atoms in total. The van der Waals surface area contributed by atoms with Crippen molar-refractivity contribution < 1.29 is 41.4 Å². The highest BCUT2D eigenvalue weighted by Gasteiger charge is 2.55. The molecule has 1 aliphatic carbocycles. The quantitative estimate of drug-likeness (QED) is 0.138. The molecule has 3 aromatic carbocycles. The van der Waals surface area contributed by atoms with Crippen LogP contribution in [0.4, 0.5) is 14.0 Å². The minimum Gasteiger partial charge on any atom is -0.461 e. The van der Waals surface area contributed by atoms with Crippen molar-refractivity contribution >= 4 is 38.9 Å². The predicted molar refractivity (Wildman–Crippen MR) is 180 cm³/mol. The number of rotatable bonds is 11. The molecule has 2 amide bonds. The lowest BCUT2D eigenvalue weighted by Gasteiger charge is -2.42. The molecular formula is C36H38FN3O8S. The van der Waals surface area contributed by atoms with Gasteiger partial charge < -0.3 is 24.5 Å². The summed E-state index contributed by atoms with van der Waals surface area (Å²) < 4.78 is 55.3. The van der Waals surface area contributed by atoms with Crippen LogP contribution < -0.4 is 5.32 Å². The van der Waals surface area contributed by atoms with E-state index in [1.165, 1.54) is 12.1 Å². The van der Waals surface area contributed by atoms with Gasteiger partial charge in [-0.25, -0.2) is 27.2 Å². The topological polar surface area (TPSA) is 144 Å². The van der Waals surface area contributed by atoms with Crippen LogP contribution >= 0.6 is 0 Å². The monoisotopic (exact) mass is 691 g/mol. The molecular weight excluding hydrogens is 653 g/mol. The standard InChI is InChI=1S/C36H38FN3O8S/c1-4-46-33(41)32-30(25-13-14-26(29(37)15-25)20-49(3,44)45)28-12-8-11-27(31(28)39-32)22(2)40-21-36(48-35(40)43)16-24(17-36)18-38-34(42)47-19-23-9-6-5-7-10-23/h5-15,22,24,39H,4,16-21H2,1-3H3,(H,38,42). The lowest BCUT2D eigenvalue weighted by Crippen LogP contribution is -2.50. The number of carbonyl (C=O) groups is 3. The molecule has 0 bridgehead atoms. The van der Waals surface area contributed by atoms with E-state index in [2.05, 4.69) is 10.3 Å². The molecule has 2 fully saturated rings. The zero-order valence-corrected chi connectivity index (χ0v) is 28.3. The molecule has 1 atom stereocenters. The molecule has 2 N–H and O–H groups in total. The van der Waals surface area contributed by atoms with Gasteiger partial charge in [0.25, 0.3) is 0 Å². The SMILES string of the molecule is CCOC(=O)c1[nH]c2c(C(C)N3CC4(CC(CNC(=O)OCc5ccccc5)C4)OC3=O)cccc2c1-c1ccc(CS(C)(=O)=O)c(F)c1. The maximum Gasteiger partial charge on any atom is 0.411 e. The summed E-state index contributed by atoms with van der Waals surface area (Å²) in [6.07, 6.45) is 1.25. The Kier molecular flexibility index (Phi) is 9.39. The van der Waals surface area contributed by atoms with E-state index in [-0.39, 0.29) is 30.4 Å². The minimum atomic E-state index is -3.47. The Labute approximate surface area is 283 Å². The number of aromatic amines is 1. The Morgan fingerprint density at radius 3 is 2.55 bits per heavy atom. The van der Waals surface area contributed by atoms with Crippen LogP contribution in [0, 0.1) is 11.7 Å². The summed E-state index contributed by atoms with van der Waals surface area (Å²) >= 11 is 0. The summed E-state index contributed by atoms with van der Waals surface area (Å²) in [5.74, 6) is -1.67. The molecule has 13 heteroatoms. The van der Waals surface area contributed by atoms with Crippen LogP contribution in [0.2, 0.25) is 0 Å². The zero-order valence-electron chi connectivity index (χ0n) is 27.5. The van der Waals surface area contributed by atoms with Crippen molar-refractivity contribution in [2.75, 3.05) is 26.0 Å². The Morgan fingerprint density at radius 2 is 1.86 bits per heavy atom. The van der Waals surface area contributed by atoms with Gasteiger partial charge in [-0.3, -0.25) is 4.90 Å². The average Bonchev–Trinajstić information content (AvgIpc) is 3.61. The number of nitrogens with one attached hydrogen (secondary N) is 2. The van der Waals surface area contributed by atoms with Crippen LogP contribution in [0.5, 0.6) is 0 Å². The molecule has 1 aromatic heterocycles. The second-order valence-electron chi connectivity index (χ2n) is 12.8. The lowest BCUT2D eigenvalue weighted by molar-refractivity contribution is -0.0462. The molecule has 2 heterocycles. The molecule has 1 saturated carbocycles. The van der Waals surface area contributed by atoms with Crippen molar-refractivity contribution in [1.82, 2.24) is 15.2 Å². The van der Waals surface area contributed by atoms with Gasteiger partial charge in [0, 0.05) is 29.3 Å². The van der Waals surface area contributed by atoms with Gasteiger partial charge in [0.1, 0.15) is 23.7 Å². The summed E-state index contributed by atoms with van der Waals surface area (Å²) in [5.41, 5.74) is 2.44. The van der Waals surface area contributed by atoms with Gasteiger partial charge in [-0.2, -0.15) is 0 Å². The number of fused-ring (bicyclic) bond motifs is 1. The highest BCUT2D eigenvalue weighted by molar-refractivity contribution is 7.89. The summed E-state index contributed by atoms with van der Waals surface area (Å²) in [4.78, 5) is 43.4. The minimum absolute atomic E-state index is 0.0246. The first-order valence-corrected chi connectivity index (χ1v) is 18.1. The van der Waals surface area contributed by atoms with E-state index in [0.717, 1.165) is 17.4 Å². The van der Waals surface area contributed by atoms with E-state index in [0.29, 0.717) is 48.0 Å². The number of alkyl carbamates (subject to hydrolysis) is 1. The van der Waals surface area contributed by atoms with E-state index >= 15 is 4.39 Å². The average molecular weight is 692 g/mol. The van der Waals surface area contributed by atoms with Crippen LogP contribution in [0.25, 0.3) is 22.0 Å². The lowest BCUT2D eigenvalue weighted by atomic mass is 9.70. The summed E-state index contributed by atoms with van der Waals surface area (Å²) in [6.45, 7) is 4.60. The molecule has 49 heavy (non-hydrogen) atoms. The molecule has 0 radical (unpaired) electrons. The second kappa shape index (κ2) is 13.5. The van der Waals surface area contributed by atoms with Crippen LogP contribution in [0.3, 0.4) is 0 Å². The third-order valence-corrected chi connectivity index (χ3v) is 9.92. The molecule has 4 aromatic rings. The number of halogens is 1. The van der Waals surface area contributed by atoms with Crippen LogP contribution in [-0.4, -0.2) is 68.0 Å². The van der Waals surface area contributed by atoms with Crippen molar-refractivity contribution in [2.45, 2.75) is 50.7 Å². The fraction of sp³-hybridized carbons (Fsp3) is 0.361. The summed E-state index contributed by atoms with van der Waals surface area (Å²) in [6, 6.07) is 18.6. The summed E-state index contributed by atoms with van der Waals surface area (Å²) in [7, 11) is -3.47. The maximum absolute atomic E-state index is 15.2. The second-order valence-corrected chi connectivity index (χ2v) is 15.0. The Bertz CT molecular complexity index is 2010. The fourth-order valence-corrected chi connectivity index (χ4v) is 7.61. The third-order valence-electron chi connectivity index (χ3n) is 9.09. The normalized spacial score (nSPS) is 19.4. The Hall–Kier alpha value is -4.91. The number of H-pyrrole nitrogens is 1. The Morgan fingerprint density at radius 1 is 1.10 bits per heavy atom. The number of benzene rings is 3. The number of aromatic nitrogens is 1. The van der Waals surface area contributed by atoms with E-state index in [4.69, 9.17) is 14.2 Å². The van der Waals surface area contributed by atoms with Crippen molar-refractivity contribution in [3.05, 3.63) is 94.9 Å². The molecule has 6 rings (SSSR count). The van der Waals surface area contributed by atoms with Gasteiger partial charge in [-0.1, -0.05) is 60.7 Å². The van der Waals surface area contributed by atoms with Gasteiger partial charge in [0.2, 0.25) is 0 Å². The predicted octanol–water partition coefficient (Wildman–Crippen LogP) is 6.28. The van der Waals surface area contributed by atoms with Gasteiger partial charge in [0.15, 0.2) is 9.84 Å². The van der Waals surface area contributed by atoms with Crippen LogP contribution in [0.15, 0.2) is 66.7 Å². The summed E-state index contributed by atoms with van der Waals surface area (Å²) in [5, 5.41) is 3.41. The first kappa shape index (κ1) is 34.0. The van der Waals surface area contributed by atoms with Crippen molar-refractivity contribution in [1.29, 1.82) is 0 Å². The van der Waals surface area contributed by atoms with Crippen molar-refractivity contribution in [3.8, 4) is 11.1 Å². The first-order chi connectivity index (χ1) is 23.4. The number of para-hydroxylation sites is 1. The van der Waals surface area contributed by atoms with Crippen LogP contribution in [-0.2, 0) is 36.4 Å². The highest BCUT2D eigenvalue weighted by Crippen LogP contribution is 2.47. The van der Waals surface area contributed by atoms with E-state index in [9.17, 15) is 22.8 Å². The van der Waals surface area contributed by atoms with E-state index in [1.807, 2.05) is 43.3 Å². The molecule has 1 unspecified atom stereocenters. The molecule has 1 aliphatic heterocycles. The number of sulfone groups is 1. The number of esters is 1. The third kappa shape index (κ3) is 7.26. The number of hydrogen-bond acceptors (Lipinski definition) is 8. The molecule has 1 saturated heterocycles. The van der Waals surface area contributed by atoms with Crippen LogP contribution in [0.1, 0.15) is 59.9 Å². The fourth-order valence-electron chi connectivity index (χ4n) is 6.81. The van der Waals surface area contributed by atoms with E-state index in [1.54, 1.807) is 30.0 Å². The smallest absolute Gasteiger partial charge is 0.411 e. The number of amides is 2. The highest BCUT2D eigenvalue weighted by atomic mass is 32.2. The number of nitrogens with zero attached hydrogens (tertiary/aromatic N) is 1. The molecule has 258 valence electrons.